The van der Waals surface area contributed by atoms with Crippen LogP contribution in [0.4, 0.5) is 5.69 Å². The molecule has 0 bridgehead atoms. The first kappa shape index (κ1) is 17.8. The van der Waals surface area contributed by atoms with Crippen molar-refractivity contribution < 1.29 is 0 Å². The van der Waals surface area contributed by atoms with Crippen LogP contribution in [0.15, 0.2) is 83.2 Å². The summed E-state index contributed by atoms with van der Waals surface area (Å²) >= 11 is 7.71. The van der Waals surface area contributed by atoms with E-state index in [1.807, 2.05) is 24.3 Å². The molecule has 0 saturated heterocycles. The van der Waals surface area contributed by atoms with Crippen molar-refractivity contribution in [3.05, 3.63) is 99.1 Å². The Balaban J connectivity index is 1.92. The molecule has 0 N–H and O–H groups in total. The first-order chi connectivity index (χ1) is 13.1. The lowest BCUT2D eigenvalue weighted by Crippen LogP contribution is -2.13. The molecular weight excluding hydrogens is 372 g/mol. The summed E-state index contributed by atoms with van der Waals surface area (Å²) in [6.07, 6.45) is 0. The largest absolute Gasteiger partial charge is 0.285 e. The van der Waals surface area contributed by atoms with Crippen LogP contribution in [0.1, 0.15) is 11.1 Å². The summed E-state index contributed by atoms with van der Waals surface area (Å²) < 4.78 is 2.20. The van der Waals surface area contributed by atoms with E-state index in [0.717, 1.165) is 32.5 Å². The average molecular weight is 391 g/mol. The van der Waals surface area contributed by atoms with Crippen LogP contribution in [0, 0.1) is 13.8 Å². The zero-order chi connectivity index (χ0) is 18.8. The van der Waals surface area contributed by atoms with Gasteiger partial charge in [0.1, 0.15) is 0 Å². The van der Waals surface area contributed by atoms with Gasteiger partial charge >= 0.3 is 0 Å². The van der Waals surface area contributed by atoms with Crippen LogP contribution in [-0.2, 0) is 0 Å². The summed E-state index contributed by atoms with van der Waals surface area (Å²) in [6, 6.07) is 24.7. The van der Waals surface area contributed by atoms with E-state index in [0.29, 0.717) is 0 Å². The highest BCUT2D eigenvalue weighted by atomic mass is 35.5. The van der Waals surface area contributed by atoms with Gasteiger partial charge in [-0.3, -0.25) is 4.57 Å². The normalized spacial score (nSPS) is 11.7. The predicted molar refractivity (Wildman–Crippen MR) is 115 cm³/mol. The molecule has 0 spiro atoms. The van der Waals surface area contributed by atoms with Gasteiger partial charge in [-0.1, -0.05) is 59.1 Å². The Kier molecular flexibility index (Phi) is 4.97. The third-order valence-electron chi connectivity index (χ3n) is 4.40. The minimum Gasteiger partial charge on any atom is -0.285 e. The molecule has 4 aromatic rings. The zero-order valence-corrected chi connectivity index (χ0v) is 16.8. The highest BCUT2D eigenvalue weighted by Gasteiger charge is 2.10. The lowest BCUT2D eigenvalue weighted by molar-refractivity contribution is 1.01. The van der Waals surface area contributed by atoms with E-state index in [1.54, 1.807) is 11.3 Å². The maximum absolute atomic E-state index is 6.08. The molecule has 27 heavy (non-hydrogen) atoms. The number of halogens is 1. The number of thiazole rings is 1. The highest BCUT2D eigenvalue weighted by molar-refractivity contribution is 7.07. The minimum absolute atomic E-state index is 0.737. The van der Waals surface area contributed by atoms with Crippen LogP contribution in [0.5, 0.6) is 0 Å². The predicted octanol–water partition coefficient (Wildman–Crippen LogP) is 6.71. The smallest absolute Gasteiger partial charge is 0.195 e. The van der Waals surface area contributed by atoms with E-state index >= 15 is 0 Å². The fourth-order valence-electron chi connectivity index (χ4n) is 2.88. The third kappa shape index (κ3) is 3.90. The molecule has 2 nitrogen and oxygen atoms in total. The standard InChI is InChI=1S/C23H19ClN2S/c1-16-3-11-20(12-4-16)25-23-26(21-13-5-17(2)6-14-21)22(15-27-23)18-7-9-19(24)10-8-18/h3-15H,1-2H3. The Bertz CT molecular complexity index is 1120. The minimum atomic E-state index is 0.737. The van der Waals surface area contributed by atoms with E-state index in [4.69, 9.17) is 16.6 Å². The monoisotopic (exact) mass is 390 g/mol. The van der Waals surface area contributed by atoms with Crippen molar-refractivity contribution in [1.29, 1.82) is 0 Å². The van der Waals surface area contributed by atoms with E-state index in [-0.39, 0.29) is 0 Å². The van der Waals surface area contributed by atoms with Crippen molar-refractivity contribution >= 4 is 28.6 Å². The summed E-state index contributed by atoms with van der Waals surface area (Å²) in [5.41, 5.74) is 6.73. The van der Waals surface area contributed by atoms with E-state index < -0.39 is 0 Å². The second-order valence-electron chi connectivity index (χ2n) is 6.53. The van der Waals surface area contributed by atoms with Crippen molar-refractivity contribution in [2.75, 3.05) is 0 Å². The molecule has 1 aromatic heterocycles. The lowest BCUT2D eigenvalue weighted by atomic mass is 10.1. The van der Waals surface area contributed by atoms with Crippen LogP contribution < -0.4 is 4.80 Å². The number of hydrogen-bond donors (Lipinski definition) is 0. The van der Waals surface area contributed by atoms with Crippen LogP contribution in [0.25, 0.3) is 16.9 Å². The van der Waals surface area contributed by atoms with Gasteiger partial charge in [0.15, 0.2) is 4.80 Å². The van der Waals surface area contributed by atoms with Gasteiger partial charge in [-0.15, -0.1) is 11.3 Å². The summed E-state index contributed by atoms with van der Waals surface area (Å²) in [7, 11) is 0. The number of benzene rings is 3. The average Bonchev–Trinajstić information content (AvgIpc) is 3.08. The first-order valence-corrected chi connectivity index (χ1v) is 10.0. The van der Waals surface area contributed by atoms with Crippen molar-refractivity contribution in [2.24, 2.45) is 4.99 Å². The van der Waals surface area contributed by atoms with Crippen LogP contribution >= 0.6 is 22.9 Å². The number of aryl methyl sites for hydroxylation is 2. The Labute approximate surface area is 168 Å². The highest BCUT2D eigenvalue weighted by Crippen LogP contribution is 2.25. The molecule has 4 rings (SSSR count). The summed E-state index contributed by atoms with van der Waals surface area (Å²) in [6.45, 7) is 4.18. The molecular formula is C23H19ClN2S. The Morgan fingerprint density at radius 2 is 1.37 bits per heavy atom. The summed E-state index contributed by atoms with van der Waals surface area (Å²) in [4.78, 5) is 5.84. The summed E-state index contributed by atoms with van der Waals surface area (Å²) in [5.74, 6) is 0. The van der Waals surface area contributed by atoms with Crippen molar-refractivity contribution in [3.8, 4) is 16.9 Å². The molecule has 3 aromatic carbocycles. The fourth-order valence-corrected chi connectivity index (χ4v) is 3.94. The molecule has 0 unspecified atom stereocenters. The van der Waals surface area contributed by atoms with Gasteiger partial charge < -0.3 is 0 Å². The number of hydrogen-bond acceptors (Lipinski definition) is 2. The maximum atomic E-state index is 6.08. The fraction of sp³-hybridized carbons (Fsp3) is 0.0870. The number of rotatable bonds is 3. The molecule has 0 radical (unpaired) electrons. The van der Waals surface area contributed by atoms with Gasteiger partial charge in [0.2, 0.25) is 0 Å². The lowest BCUT2D eigenvalue weighted by Gasteiger charge is -2.10. The van der Waals surface area contributed by atoms with Gasteiger partial charge in [-0.2, -0.15) is 0 Å². The molecule has 0 fully saturated rings. The second kappa shape index (κ2) is 7.55. The molecule has 134 valence electrons. The number of aromatic nitrogens is 1. The molecule has 0 saturated carbocycles. The van der Waals surface area contributed by atoms with Crippen LogP contribution in [-0.4, -0.2) is 4.57 Å². The van der Waals surface area contributed by atoms with Crippen molar-refractivity contribution in [3.63, 3.8) is 0 Å². The quantitative estimate of drug-likeness (QED) is 0.370. The number of nitrogens with zero attached hydrogens (tertiary/aromatic N) is 2. The Hall–Kier alpha value is -2.62. The van der Waals surface area contributed by atoms with Crippen LogP contribution in [0.3, 0.4) is 0 Å². The molecule has 0 aliphatic rings. The second-order valence-corrected chi connectivity index (χ2v) is 7.80. The Morgan fingerprint density at radius 3 is 2.00 bits per heavy atom. The van der Waals surface area contributed by atoms with Crippen molar-refractivity contribution in [1.82, 2.24) is 4.57 Å². The van der Waals surface area contributed by atoms with Gasteiger partial charge in [0.05, 0.1) is 11.4 Å². The van der Waals surface area contributed by atoms with E-state index in [1.165, 1.54) is 11.1 Å². The molecule has 0 amide bonds. The van der Waals surface area contributed by atoms with Crippen LogP contribution in [0.2, 0.25) is 5.02 Å². The van der Waals surface area contributed by atoms with E-state index in [9.17, 15) is 0 Å². The molecule has 1 heterocycles. The van der Waals surface area contributed by atoms with Gasteiger partial charge in [0.25, 0.3) is 0 Å². The molecule has 0 atom stereocenters. The first-order valence-electron chi connectivity index (χ1n) is 8.75. The van der Waals surface area contributed by atoms with Crippen molar-refractivity contribution in [2.45, 2.75) is 13.8 Å². The Morgan fingerprint density at radius 1 is 0.778 bits per heavy atom. The summed E-state index contributed by atoms with van der Waals surface area (Å²) in [5, 5.41) is 2.89. The molecule has 4 heteroatoms. The van der Waals surface area contributed by atoms with Gasteiger partial charge in [0, 0.05) is 16.1 Å². The third-order valence-corrected chi connectivity index (χ3v) is 5.48. The zero-order valence-electron chi connectivity index (χ0n) is 15.2. The van der Waals surface area contributed by atoms with E-state index in [2.05, 4.69) is 72.3 Å². The maximum Gasteiger partial charge on any atom is 0.195 e. The topological polar surface area (TPSA) is 17.3 Å². The molecule has 0 aliphatic heterocycles. The van der Waals surface area contributed by atoms with Gasteiger partial charge in [-0.05, 0) is 55.8 Å². The van der Waals surface area contributed by atoms with Gasteiger partial charge in [-0.25, -0.2) is 4.99 Å². The molecule has 0 aliphatic carbocycles. The SMILES string of the molecule is Cc1ccc(N=c2scc(-c3ccc(Cl)cc3)n2-c2ccc(C)cc2)cc1.